The molecule has 0 bridgehead atoms. The van der Waals surface area contributed by atoms with Gasteiger partial charge in [-0.15, -0.1) is 0 Å². The van der Waals surface area contributed by atoms with Crippen LogP contribution in [0.1, 0.15) is 51.1 Å². The van der Waals surface area contributed by atoms with E-state index in [1.807, 2.05) is 0 Å². The molecule has 0 heterocycles. The molecule has 1 aliphatic rings. The highest BCUT2D eigenvalue weighted by molar-refractivity contribution is 5.20. The second kappa shape index (κ2) is 7.06. The normalized spacial score (nSPS) is 25.5. The van der Waals surface area contributed by atoms with Crippen LogP contribution in [-0.2, 0) is 0 Å². The minimum absolute atomic E-state index is 0.139. The third-order valence-corrected chi connectivity index (χ3v) is 4.53. The third kappa shape index (κ3) is 3.37. The van der Waals surface area contributed by atoms with Gasteiger partial charge >= 0.3 is 0 Å². The number of benzene rings is 1. The van der Waals surface area contributed by atoms with Crippen molar-refractivity contribution >= 4 is 0 Å². The fourth-order valence-electron chi connectivity index (χ4n) is 3.50. The monoisotopic (exact) mass is 261 g/mol. The van der Waals surface area contributed by atoms with Crippen molar-refractivity contribution in [2.45, 2.75) is 51.7 Å². The lowest BCUT2D eigenvalue weighted by molar-refractivity contribution is 0.0106. The molecule has 0 saturated heterocycles. The molecule has 3 atom stereocenters. The average Bonchev–Trinajstić information content (AvgIpc) is 2.47. The minimum Gasteiger partial charge on any atom is -0.393 e. The van der Waals surface area contributed by atoms with E-state index in [0.717, 1.165) is 25.9 Å². The molecular formula is C17H27NO. The first-order valence-corrected chi connectivity index (χ1v) is 7.75. The summed E-state index contributed by atoms with van der Waals surface area (Å²) >= 11 is 0. The predicted molar refractivity (Wildman–Crippen MR) is 80.1 cm³/mol. The molecule has 0 amide bonds. The van der Waals surface area contributed by atoms with Crippen molar-refractivity contribution in [1.82, 2.24) is 4.90 Å². The van der Waals surface area contributed by atoms with Crippen molar-refractivity contribution in [3.8, 4) is 0 Å². The summed E-state index contributed by atoms with van der Waals surface area (Å²) in [7, 11) is 0. The van der Waals surface area contributed by atoms with Crippen LogP contribution in [0, 0.1) is 5.92 Å². The highest BCUT2D eigenvalue weighted by Crippen LogP contribution is 2.38. The number of nitrogens with zero attached hydrogens (tertiary/aromatic N) is 1. The Kier molecular flexibility index (Phi) is 5.41. The second-order valence-corrected chi connectivity index (χ2v) is 5.59. The summed E-state index contributed by atoms with van der Waals surface area (Å²) in [6, 6.07) is 11.1. The molecule has 106 valence electrons. The zero-order valence-electron chi connectivity index (χ0n) is 12.3. The Morgan fingerprint density at radius 3 is 2.32 bits per heavy atom. The first-order valence-electron chi connectivity index (χ1n) is 7.75. The van der Waals surface area contributed by atoms with Crippen molar-refractivity contribution in [2.75, 3.05) is 13.1 Å². The van der Waals surface area contributed by atoms with Crippen LogP contribution in [0.25, 0.3) is 0 Å². The molecule has 19 heavy (non-hydrogen) atoms. The van der Waals surface area contributed by atoms with Gasteiger partial charge in [-0.05, 0) is 31.5 Å². The van der Waals surface area contributed by atoms with Gasteiger partial charge in [0.1, 0.15) is 0 Å². The van der Waals surface area contributed by atoms with E-state index in [2.05, 4.69) is 49.1 Å². The van der Waals surface area contributed by atoms with Crippen LogP contribution < -0.4 is 0 Å². The molecule has 0 radical (unpaired) electrons. The summed E-state index contributed by atoms with van der Waals surface area (Å²) in [6.45, 7) is 6.52. The fraction of sp³-hybridized carbons (Fsp3) is 0.647. The summed E-state index contributed by atoms with van der Waals surface area (Å²) in [5.41, 5.74) is 1.36. The topological polar surface area (TPSA) is 23.5 Å². The Labute approximate surface area is 117 Å². The van der Waals surface area contributed by atoms with E-state index >= 15 is 0 Å². The lowest BCUT2D eigenvalue weighted by Crippen LogP contribution is -2.40. The smallest absolute Gasteiger partial charge is 0.0586 e. The molecule has 0 spiro atoms. The van der Waals surface area contributed by atoms with E-state index < -0.39 is 0 Å². The number of hydrogen-bond donors (Lipinski definition) is 1. The van der Waals surface area contributed by atoms with Crippen LogP contribution in [-0.4, -0.2) is 29.2 Å². The second-order valence-electron chi connectivity index (χ2n) is 5.59. The molecule has 3 unspecified atom stereocenters. The SMILES string of the molecule is CCN(CC)C(c1ccccc1)C1CCCCC1O. The van der Waals surface area contributed by atoms with Gasteiger partial charge in [-0.2, -0.15) is 0 Å². The minimum atomic E-state index is -0.139. The van der Waals surface area contributed by atoms with E-state index in [0.29, 0.717) is 12.0 Å². The van der Waals surface area contributed by atoms with Crippen molar-refractivity contribution < 1.29 is 5.11 Å². The molecular weight excluding hydrogens is 234 g/mol. The summed E-state index contributed by atoms with van der Waals surface area (Å²) in [4.78, 5) is 2.49. The quantitative estimate of drug-likeness (QED) is 0.875. The Hall–Kier alpha value is -0.860. The molecule has 2 nitrogen and oxygen atoms in total. The molecule has 2 heteroatoms. The molecule has 1 N–H and O–H groups in total. The largest absolute Gasteiger partial charge is 0.393 e. The van der Waals surface area contributed by atoms with Crippen LogP contribution >= 0.6 is 0 Å². The lowest BCUT2D eigenvalue weighted by atomic mass is 9.78. The van der Waals surface area contributed by atoms with Gasteiger partial charge in [0.15, 0.2) is 0 Å². The maximum absolute atomic E-state index is 10.4. The Balaban J connectivity index is 2.28. The molecule has 0 aliphatic heterocycles. The van der Waals surface area contributed by atoms with E-state index in [4.69, 9.17) is 0 Å². The maximum Gasteiger partial charge on any atom is 0.0586 e. The van der Waals surface area contributed by atoms with Crippen LogP contribution in [0.15, 0.2) is 30.3 Å². The number of aliphatic hydroxyl groups excluding tert-OH is 1. The van der Waals surface area contributed by atoms with Crippen LogP contribution in [0.3, 0.4) is 0 Å². The summed E-state index contributed by atoms with van der Waals surface area (Å²) in [6.07, 6.45) is 4.41. The van der Waals surface area contributed by atoms with Gasteiger partial charge in [-0.1, -0.05) is 57.0 Å². The maximum atomic E-state index is 10.4. The average molecular weight is 261 g/mol. The van der Waals surface area contributed by atoms with Gasteiger partial charge in [0.25, 0.3) is 0 Å². The highest BCUT2D eigenvalue weighted by atomic mass is 16.3. The Morgan fingerprint density at radius 1 is 1.11 bits per heavy atom. The summed E-state index contributed by atoms with van der Waals surface area (Å²) < 4.78 is 0. The molecule has 2 rings (SSSR count). The zero-order chi connectivity index (χ0) is 13.7. The fourth-order valence-corrected chi connectivity index (χ4v) is 3.50. The molecule has 1 aromatic rings. The summed E-state index contributed by atoms with van der Waals surface area (Å²) in [5.74, 6) is 0.385. The van der Waals surface area contributed by atoms with Gasteiger partial charge in [-0.3, -0.25) is 4.90 Å². The van der Waals surface area contributed by atoms with Crippen LogP contribution in [0.2, 0.25) is 0 Å². The highest BCUT2D eigenvalue weighted by Gasteiger charge is 2.34. The molecule has 1 saturated carbocycles. The zero-order valence-corrected chi connectivity index (χ0v) is 12.3. The van der Waals surface area contributed by atoms with Gasteiger partial charge in [0.2, 0.25) is 0 Å². The first-order chi connectivity index (χ1) is 9.27. The third-order valence-electron chi connectivity index (χ3n) is 4.53. The van der Waals surface area contributed by atoms with E-state index in [-0.39, 0.29) is 6.10 Å². The van der Waals surface area contributed by atoms with Gasteiger partial charge < -0.3 is 5.11 Å². The van der Waals surface area contributed by atoms with E-state index in [1.165, 1.54) is 18.4 Å². The predicted octanol–water partition coefficient (Wildman–Crippen LogP) is 3.62. The number of rotatable bonds is 5. The molecule has 1 aliphatic carbocycles. The van der Waals surface area contributed by atoms with Crippen molar-refractivity contribution in [3.05, 3.63) is 35.9 Å². The van der Waals surface area contributed by atoms with Crippen LogP contribution in [0.5, 0.6) is 0 Å². The number of aliphatic hydroxyl groups is 1. The van der Waals surface area contributed by atoms with E-state index in [9.17, 15) is 5.11 Å². The van der Waals surface area contributed by atoms with Gasteiger partial charge in [0.05, 0.1) is 6.10 Å². The Bertz CT molecular complexity index is 361. The summed E-state index contributed by atoms with van der Waals surface area (Å²) in [5, 5.41) is 10.4. The molecule has 1 fully saturated rings. The van der Waals surface area contributed by atoms with Crippen molar-refractivity contribution in [2.24, 2.45) is 5.92 Å². The van der Waals surface area contributed by atoms with Gasteiger partial charge in [-0.25, -0.2) is 0 Å². The lowest BCUT2D eigenvalue weighted by Gasteiger charge is -2.40. The standard InChI is InChI=1S/C17H27NO/c1-3-18(4-2)17(14-10-6-5-7-11-14)15-12-8-9-13-16(15)19/h5-7,10-11,15-17,19H,3-4,8-9,12-13H2,1-2H3. The first kappa shape index (κ1) is 14.5. The van der Waals surface area contributed by atoms with E-state index in [1.54, 1.807) is 0 Å². The number of hydrogen-bond acceptors (Lipinski definition) is 2. The van der Waals surface area contributed by atoms with Crippen molar-refractivity contribution in [1.29, 1.82) is 0 Å². The van der Waals surface area contributed by atoms with Crippen molar-refractivity contribution in [3.63, 3.8) is 0 Å². The van der Waals surface area contributed by atoms with Crippen LogP contribution in [0.4, 0.5) is 0 Å². The van der Waals surface area contributed by atoms with Gasteiger partial charge in [0, 0.05) is 12.0 Å². The Morgan fingerprint density at radius 2 is 1.74 bits per heavy atom. The molecule has 1 aromatic carbocycles. The molecule has 0 aromatic heterocycles.